The van der Waals surface area contributed by atoms with Crippen LogP contribution in [0.2, 0.25) is 0 Å². The van der Waals surface area contributed by atoms with E-state index in [1.165, 1.54) is 5.57 Å². The highest BCUT2D eigenvalue weighted by atomic mass is 16.5. The van der Waals surface area contributed by atoms with Crippen LogP contribution < -0.4 is 0 Å². The van der Waals surface area contributed by atoms with Gasteiger partial charge >= 0.3 is 5.97 Å². The summed E-state index contributed by atoms with van der Waals surface area (Å²) in [6.07, 6.45) is 7.06. The first kappa shape index (κ1) is 36.8. The average Bonchev–Trinajstić information content (AvgIpc) is 2.92. The minimum atomic E-state index is -0.898. The number of hydrogen-bond donors (Lipinski definition) is 5. The maximum absolute atomic E-state index is 11.5. The van der Waals surface area contributed by atoms with E-state index in [1.54, 1.807) is 13.8 Å². The zero-order chi connectivity index (χ0) is 30.7. The molecular weight excluding hydrogens is 508 g/mol. The number of rotatable bonds is 17. The van der Waals surface area contributed by atoms with E-state index in [0.29, 0.717) is 31.1 Å². The van der Waals surface area contributed by atoms with Gasteiger partial charge in [-0.1, -0.05) is 78.7 Å². The lowest BCUT2D eigenvalue weighted by atomic mass is 9.76. The van der Waals surface area contributed by atoms with Crippen molar-refractivity contribution in [3.8, 4) is 0 Å². The molecule has 0 amide bonds. The van der Waals surface area contributed by atoms with Gasteiger partial charge in [-0.2, -0.15) is 0 Å². The van der Waals surface area contributed by atoms with Crippen LogP contribution in [0.25, 0.3) is 0 Å². The maximum atomic E-state index is 11.5. The van der Waals surface area contributed by atoms with E-state index < -0.39 is 48.1 Å². The van der Waals surface area contributed by atoms with Crippen LogP contribution in [-0.4, -0.2) is 68.1 Å². The molecule has 1 aliphatic rings. The number of aliphatic hydroxyl groups excluding tert-OH is 4. The smallest absolute Gasteiger partial charge is 0.308 e. The molecule has 7 nitrogen and oxygen atoms in total. The van der Waals surface area contributed by atoms with Gasteiger partial charge < -0.3 is 30.3 Å². The molecule has 7 heteroatoms. The monoisotopic (exact) mass is 568 g/mol. The largest absolute Gasteiger partial charge is 0.481 e. The summed E-state index contributed by atoms with van der Waals surface area (Å²) in [6.45, 7) is 17.7. The van der Waals surface area contributed by atoms with Crippen LogP contribution in [-0.2, 0) is 9.53 Å². The molecule has 0 bridgehead atoms. The molecule has 5 N–H and O–H groups in total. The van der Waals surface area contributed by atoms with Gasteiger partial charge in [-0.15, -0.1) is 0 Å². The molecule has 1 fully saturated rings. The van der Waals surface area contributed by atoms with Gasteiger partial charge in [0, 0.05) is 17.8 Å². The van der Waals surface area contributed by atoms with E-state index in [1.807, 2.05) is 19.9 Å². The van der Waals surface area contributed by atoms with Crippen molar-refractivity contribution in [3.63, 3.8) is 0 Å². The summed E-state index contributed by atoms with van der Waals surface area (Å²) in [4.78, 5) is 11.5. The Morgan fingerprint density at radius 2 is 1.57 bits per heavy atom. The summed E-state index contributed by atoms with van der Waals surface area (Å²) in [5.41, 5.74) is 1.18. The van der Waals surface area contributed by atoms with Gasteiger partial charge in [0.2, 0.25) is 0 Å². The normalized spacial score (nSPS) is 28.2. The van der Waals surface area contributed by atoms with Gasteiger partial charge in [0.15, 0.2) is 0 Å². The third-order valence-electron chi connectivity index (χ3n) is 9.64. The zero-order valence-electron chi connectivity index (χ0n) is 26.5. The Balaban J connectivity index is 2.66. The lowest BCUT2D eigenvalue weighted by molar-refractivity contribution is -0.169. The highest BCUT2D eigenvalue weighted by Crippen LogP contribution is 2.36. The van der Waals surface area contributed by atoms with Gasteiger partial charge in [0.05, 0.1) is 42.5 Å². The van der Waals surface area contributed by atoms with Crippen molar-refractivity contribution in [1.29, 1.82) is 0 Å². The minimum Gasteiger partial charge on any atom is -0.481 e. The Morgan fingerprint density at radius 3 is 2.15 bits per heavy atom. The molecule has 234 valence electrons. The van der Waals surface area contributed by atoms with Crippen LogP contribution in [0.5, 0.6) is 0 Å². The van der Waals surface area contributed by atoms with E-state index in [4.69, 9.17) is 4.74 Å². The molecule has 0 spiro atoms. The van der Waals surface area contributed by atoms with Gasteiger partial charge in [-0.25, -0.2) is 0 Å². The van der Waals surface area contributed by atoms with Crippen molar-refractivity contribution in [2.45, 2.75) is 137 Å². The molecule has 40 heavy (non-hydrogen) atoms. The summed E-state index contributed by atoms with van der Waals surface area (Å²) < 4.78 is 6.19. The number of carboxylic acid groups (broad SMARTS) is 1. The van der Waals surface area contributed by atoms with E-state index in [2.05, 4.69) is 46.8 Å². The molecule has 0 aromatic heterocycles. The molecule has 0 aromatic carbocycles. The molecular formula is C33H60O7. The van der Waals surface area contributed by atoms with Gasteiger partial charge in [-0.3, -0.25) is 4.79 Å². The fourth-order valence-corrected chi connectivity index (χ4v) is 6.00. The Labute approximate surface area is 243 Å². The van der Waals surface area contributed by atoms with E-state index in [9.17, 15) is 30.3 Å². The number of allylic oxidation sites excluding steroid dienone is 3. The molecule has 1 heterocycles. The third kappa shape index (κ3) is 10.9. The Morgan fingerprint density at radius 1 is 0.950 bits per heavy atom. The zero-order valence-corrected chi connectivity index (χ0v) is 26.5. The number of aliphatic carboxylic acids is 1. The van der Waals surface area contributed by atoms with Gasteiger partial charge in [-0.05, 0) is 63.7 Å². The summed E-state index contributed by atoms with van der Waals surface area (Å²) in [7, 11) is 0. The highest BCUT2D eigenvalue weighted by molar-refractivity contribution is 5.70. The van der Waals surface area contributed by atoms with Crippen LogP contribution in [0.4, 0.5) is 0 Å². The van der Waals surface area contributed by atoms with E-state index in [-0.39, 0.29) is 24.0 Å². The van der Waals surface area contributed by atoms with Crippen molar-refractivity contribution in [2.24, 2.45) is 41.4 Å². The quantitative estimate of drug-likeness (QED) is 0.145. The van der Waals surface area contributed by atoms with Crippen LogP contribution in [0.15, 0.2) is 23.8 Å². The highest BCUT2D eigenvalue weighted by Gasteiger charge is 2.41. The van der Waals surface area contributed by atoms with E-state index in [0.717, 1.165) is 19.3 Å². The van der Waals surface area contributed by atoms with Crippen molar-refractivity contribution in [2.75, 3.05) is 0 Å². The maximum Gasteiger partial charge on any atom is 0.308 e. The first-order valence-corrected chi connectivity index (χ1v) is 15.6. The molecule has 0 aliphatic carbocycles. The first-order chi connectivity index (χ1) is 18.6. The van der Waals surface area contributed by atoms with Crippen molar-refractivity contribution in [3.05, 3.63) is 23.8 Å². The number of aliphatic hydroxyl groups is 4. The summed E-state index contributed by atoms with van der Waals surface area (Å²) >= 11 is 0. The summed E-state index contributed by atoms with van der Waals surface area (Å²) in [5, 5.41) is 52.5. The molecule has 0 aromatic rings. The Kier molecular flexibility index (Phi) is 16.2. The second-order valence-corrected chi connectivity index (χ2v) is 12.9. The molecule has 0 radical (unpaired) electrons. The standard InChI is InChI=1S/C33H60O7/c1-10-13-27(34)18-21(4)22(5)19(2)14-11-12-15-28(35)23(6)30(36)25(8)31(37)26(9)32-20(3)16-17-29(40-32)24(7)33(38)39/h11,14,18-20,22-32,34-37H,10,12-13,15-17H2,1-9H3,(H,38,39)/b14-11+,21-18+/t19-,20+,22-,23+,24+,25+,26+,27-,28-,29+,30+,31+,32+/m1/s1. The summed E-state index contributed by atoms with van der Waals surface area (Å²) in [6, 6.07) is 0. The number of carboxylic acids is 1. The van der Waals surface area contributed by atoms with Crippen molar-refractivity contribution < 1.29 is 35.1 Å². The fraction of sp³-hybridized carbons (Fsp3) is 0.848. The third-order valence-corrected chi connectivity index (χ3v) is 9.64. The lowest BCUT2D eigenvalue weighted by Gasteiger charge is -2.43. The number of carbonyl (C=O) groups is 1. The SMILES string of the molecule is CCC[C@@H](O)/C=C(\C)[C@H](C)[C@H](C)/C=C/CC[C@@H](O)[C@H](C)[C@H](O)[C@H](C)[C@H](O)[C@H](C)[C@H]1O[C@H]([C@H](C)C(=O)O)CC[C@@H]1C. The predicted molar refractivity (Wildman–Crippen MR) is 161 cm³/mol. The Hall–Kier alpha value is -1.25. The average molecular weight is 569 g/mol. The lowest BCUT2D eigenvalue weighted by Crippen LogP contribution is -2.49. The van der Waals surface area contributed by atoms with Crippen LogP contribution in [0.1, 0.15) is 101 Å². The van der Waals surface area contributed by atoms with Gasteiger partial charge in [0.1, 0.15) is 0 Å². The second kappa shape index (κ2) is 17.6. The fourth-order valence-electron chi connectivity index (χ4n) is 6.00. The van der Waals surface area contributed by atoms with Crippen molar-refractivity contribution >= 4 is 5.97 Å². The van der Waals surface area contributed by atoms with Crippen LogP contribution >= 0.6 is 0 Å². The van der Waals surface area contributed by atoms with Crippen LogP contribution in [0.3, 0.4) is 0 Å². The molecule has 13 atom stereocenters. The Bertz CT molecular complexity index is 796. The first-order valence-electron chi connectivity index (χ1n) is 15.6. The number of ether oxygens (including phenoxy) is 1. The van der Waals surface area contributed by atoms with Crippen molar-refractivity contribution in [1.82, 2.24) is 0 Å². The second-order valence-electron chi connectivity index (χ2n) is 12.9. The minimum absolute atomic E-state index is 0.173. The molecule has 1 rings (SSSR count). The molecule has 0 saturated carbocycles. The predicted octanol–water partition coefficient (Wildman–Crippen LogP) is 5.60. The number of hydrogen-bond acceptors (Lipinski definition) is 6. The van der Waals surface area contributed by atoms with Gasteiger partial charge in [0.25, 0.3) is 0 Å². The topological polar surface area (TPSA) is 127 Å². The molecule has 1 saturated heterocycles. The van der Waals surface area contributed by atoms with E-state index >= 15 is 0 Å². The van der Waals surface area contributed by atoms with Crippen LogP contribution in [0, 0.1) is 41.4 Å². The summed E-state index contributed by atoms with van der Waals surface area (Å²) in [5.74, 6) is -1.92. The molecule has 0 unspecified atom stereocenters. The molecule has 1 aliphatic heterocycles.